The average molecular weight is 303 g/mol. The van der Waals surface area contributed by atoms with Gasteiger partial charge in [-0.15, -0.1) is 0 Å². The van der Waals surface area contributed by atoms with Crippen molar-refractivity contribution in [2.75, 3.05) is 11.9 Å². The summed E-state index contributed by atoms with van der Waals surface area (Å²) in [5.41, 5.74) is 3.28. The molecule has 0 bridgehead atoms. The van der Waals surface area contributed by atoms with Gasteiger partial charge in [-0.25, -0.2) is 0 Å². The first-order valence-corrected chi connectivity index (χ1v) is 6.43. The summed E-state index contributed by atoms with van der Waals surface area (Å²) < 4.78 is 0. The van der Waals surface area contributed by atoms with Gasteiger partial charge in [-0.3, -0.25) is 9.59 Å². The van der Waals surface area contributed by atoms with E-state index in [-0.39, 0.29) is 12.3 Å². The number of fused-ring (bicyclic) bond motifs is 1. The van der Waals surface area contributed by atoms with Crippen molar-refractivity contribution in [2.24, 2.45) is 0 Å². The van der Waals surface area contributed by atoms with Gasteiger partial charge in [0.1, 0.15) is 12.3 Å². The molecule has 0 radical (unpaired) electrons. The molecule has 0 amide bonds. The Morgan fingerprint density at radius 2 is 1.55 bits per heavy atom. The molecule has 0 saturated heterocycles. The summed E-state index contributed by atoms with van der Waals surface area (Å²) in [6.45, 7) is 0.886. The second kappa shape index (κ2) is 8.31. The number of carboxylic acids is 2. The van der Waals surface area contributed by atoms with Gasteiger partial charge in [0.15, 0.2) is 0 Å². The van der Waals surface area contributed by atoms with Crippen molar-refractivity contribution in [3.8, 4) is 16.9 Å². The third kappa shape index (κ3) is 6.95. The molecule has 6 nitrogen and oxygen atoms in total. The smallest absolute Gasteiger partial charge is 0.322 e. The molecule has 0 aliphatic heterocycles. The first-order valence-electron chi connectivity index (χ1n) is 6.43. The predicted molar refractivity (Wildman–Crippen MR) is 83.0 cm³/mol. The number of hydrogen-bond donors (Lipinski definition) is 4. The van der Waals surface area contributed by atoms with Crippen LogP contribution in [0.4, 0.5) is 5.69 Å². The van der Waals surface area contributed by atoms with Gasteiger partial charge in [0.25, 0.3) is 5.97 Å². The van der Waals surface area contributed by atoms with Crippen molar-refractivity contribution in [1.29, 1.82) is 0 Å². The number of aromatic hydroxyl groups is 1. The zero-order valence-electron chi connectivity index (χ0n) is 12.0. The van der Waals surface area contributed by atoms with E-state index < -0.39 is 11.9 Å². The van der Waals surface area contributed by atoms with Gasteiger partial charge in [-0.1, -0.05) is 30.3 Å². The maximum atomic E-state index is 10.1. The number of anilines is 1. The van der Waals surface area contributed by atoms with E-state index in [2.05, 4.69) is 29.6 Å². The van der Waals surface area contributed by atoms with Crippen LogP contribution in [0.15, 0.2) is 48.5 Å². The normalized spacial score (nSPS) is 9.32. The summed E-state index contributed by atoms with van der Waals surface area (Å²) in [6.07, 6.45) is 0. The van der Waals surface area contributed by atoms with Crippen molar-refractivity contribution >= 4 is 17.6 Å². The number of rotatable bonds is 3. The topological polar surface area (TPSA) is 107 Å². The number of hydrogen-bond acceptors (Lipinski definition) is 4. The summed E-state index contributed by atoms with van der Waals surface area (Å²) >= 11 is 0. The highest BCUT2D eigenvalue weighted by Crippen LogP contribution is 2.32. The minimum atomic E-state index is -0.960. The Kier molecular flexibility index (Phi) is 6.43. The first kappa shape index (κ1) is 17.0. The molecule has 0 aromatic heterocycles. The maximum absolute atomic E-state index is 10.1. The Labute approximate surface area is 127 Å². The zero-order valence-corrected chi connectivity index (χ0v) is 12.0. The molecule has 0 spiro atoms. The lowest BCUT2D eigenvalue weighted by molar-refractivity contribution is -0.135. The largest absolute Gasteiger partial charge is 0.506 e. The van der Waals surface area contributed by atoms with E-state index in [1.54, 1.807) is 18.2 Å². The molecule has 2 aliphatic rings. The van der Waals surface area contributed by atoms with E-state index in [0.717, 1.165) is 6.92 Å². The molecule has 1 aromatic rings. The maximum Gasteiger partial charge on any atom is 0.322 e. The fourth-order valence-corrected chi connectivity index (χ4v) is 1.47. The molecule has 4 N–H and O–H groups in total. The highest BCUT2D eigenvalue weighted by molar-refractivity contribution is 5.80. The molecule has 3 rings (SSSR count). The van der Waals surface area contributed by atoms with Gasteiger partial charge >= 0.3 is 5.97 Å². The Morgan fingerprint density at radius 1 is 1.00 bits per heavy atom. The minimum absolute atomic E-state index is 0.0544. The Hall–Kier alpha value is -3.02. The number of para-hydroxylation sites is 2. The van der Waals surface area contributed by atoms with Crippen LogP contribution < -0.4 is 5.32 Å². The molecule has 2 aliphatic carbocycles. The fraction of sp³-hybridized carbons (Fsp3) is 0.125. The third-order valence-corrected chi connectivity index (χ3v) is 2.45. The van der Waals surface area contributed by atoms with Gasteiger partial charge in [0, 0.05) is 6.92 Å². The van der Waals surface area contributed by atoms with E-state index in [1.165, 1.54) is 17.2 Å². The van der Waals surface area contributed by atoms with Crippen LogP contribution in [0.3, 0.4) is 0 Å². The monoisotopic (exact) mass is 303 g/mol. The SMILES string of the molecule is CC(=O)O.O=C(O)CNc1ccccc1O.c1cc2cc-2c1. The van der Waals surface area contributed by atoms with E-state index in [9.17, 15) is 4.79 Å². The zero-order chi connectivity index (χ0) is 16.5. The van der Waals surface area contributed by atoms with Crippen LogP contribution in [-0.2, 0) is 9.59 Å². The van der Waals surface area contributed by atoms with Gasteiger partial charge < -0.3 is 20.6 Å². The number of nitrogens with one attached hydrogen (secondary N) is 1. The van der Waals surface area contributed by atoms with Crippen molar-refractivity contribution in [3.63, 3.8) is 0 Å². The standard InChI is InChI=1S/C8H9NO3.C6H4.C2H4O2/c10-7-4-2-1-3-6(7)9-5-8(11)12;1-2-5-4-6(5)3-1;1-2(3)4/h1-4,9-10H,5H2,(H,11,12);1-4H;1H3,(H,3,4). The second-order valence-corrected chi connectivity index (χ2v) is 4.36. The predicted octanol–water partition coefficient (Wildman–Crippen LogP) is 2.65. The quantitative estimate of drug-likeness (QED) is 0.554. The number of phenols is 1. The third-order valence-electron chi connectivity index (χ3n) is 2.45. The van der Waals surface area contributed by atoms with E-state index in [4.69, 9.17) is 20.1 Å². The number of aliphatic carboxylic acids is 2. The molecule has 6 heteroatoms. The molecular weight excluding hydrogens is 286 g/mol. The number of phenolic OH excluding ortho intramolecular Hbond substituents is 1. The highest BCUT2D eigenvalue weighted by Gasteiger charge is 2.07. The van der Waals surface area contributed by atoms with Crippen LogP contribution in [0.1, 0.15) is 6.92 Å². The van der Waals surface area contributed by atoms with Crippen LogP contribution in [0, 0.1) is 0 Å². The fourth-order valence-electron chi connectivity index (χ4n) is 1.47. The molecule has 116 valence electrons. The van der Waals surface area contributed by atoms with Gasteiger partial charge in [0.05, 0.1) is 5.69 Å². The Balaban J connectivity index is 0.000000198. The summed E-state index contributed by atoms with van der Waals surface area (Å²) in [4.78, 5) is 19.1. The number of carbonyl (C=O) groups is 2. The van der Waals surface area contributed by atoms with Crippen LogP contribution in [-0.4, -0.2) is 33.8 Å². The summed E-state index contributed by atoms with van der Waals surface area (Å²) in [5.74, 6) is -1.74. The van der Waals surface area contributed by atoms with Crippen LogP contribution in [0.2, 0.25) is 0 Å². The van der Waals surface area contributed by atoms with Crippen molar-refractivity contribution in [3.05, 3.63) is 48.5 Å². The molecule has 0 fully saturated rings. The lowest BCUT2D eigenvalue weighted by atomic mass is 10.3. The van der Waals surface area contributed by atoms with Gasteiger partial charge in [-0.2, -0.15) is 0 Å². The molecule has 0 atom stereocenters. The Morgan fingerprint density at radius 3 is 1.91 bits per heavy atom. The van der Waals surface area contributed by atoms with Crippen molar-refractivity contribution < 1.29 is 24.9 Å². The molecule has 0 saturated carbocycles. The van der Waals surface area contributed by atoms with E-state index in [0.29, 0.717) is 5.69 Å². The van der Waals surface area contributed by atoms with E-state index >= 15 is 0 Å². The molecule has 22 heavy (non-hydrogen) atoms. The Bertz CT molecular complexity index is 633. The van der Waals surface area contributed by atoms with Gasteiger partial charge in [0.2, 0.25) is 0 Å². The number of carboxylic acid groups (broad SMARTS) is 2. The van der Waals surface area contributed by atoms with Crippen molar-refractivity contribution in [1.82, 2.24) is 0 Å². The van der Waals surface area contributed by atoms with Crippen LogP contribution >= 0.6 is 0 Å². The second-order valence-electron chi connectivity index (χ2n) is 4.36. The molecule has 0 unspecified atom stereocenters. The van der Waals surface area contributed by atoms with Crippen LogP contribution in [0.5, 0.6) is 5.75 Å². The average Bonchev–Trinajstić information content (AvgIpc) is 3.04. The number of benzene rings is 2. The minimum Gasteiger partial charge on any atom is -0.506 e. The highest BCUT2D eigenvalue weighted by atomic mass is 16.4. The lowest BCUT2D eigenvalue weighted by Gasteiger charge is -2.04. The van der Waals surface area contributed by atoms with E-state index in [1.807, 2.05) is 0 Å². The van der Waals surface area contributed by atoms with Crippen LogP contribution in [0.25, 0.3) is 11.1 Å². The summed E-state index contributed by atoms with van der Waals surface area (Å²) in [5, 5.41) is 27.5. The van der Waals surface area contributed by atoms with Crippen molar-refractivity contribution in [2.45, 2.75) is 6.92 Å². The van der Waals surface area contributed by atoms with Gasteiger partial charge in [-0.05, 0) is 29.3 Å². The molecule has 1 aromatic carbocycles. The summed E-state index contributed by atoms with van der Waals surface area (Å²) in [7, 11) is 0. The lowest BCUT2D eigenvalue weighted by Crippen LogP contribution is -2.12. The first-order chi connectivity index (χ1) is 10.4. The summed E-state index contributed by atoms with van der Waals surface area (Å²) in [6, 6.07) is 15.0. The molecular formula is C16H17NO5. The molecule has 0 heterocycles.